The molecule has 2 amide bonds. The number of carbonyl (C=O) groups excluding carboxylic acids is 2. The Morgan fingerprint density at radius 2 is 1.81 bits per heavy atom. The van der Waals surface area contributed by atoms with Crippen LogP contribution in [0, 0.1) is 11.7 Å². The summed E-state index contributed by atoms with van der Waals surface area (Å²) in [6.07, 6.45) is 1.45. The van der Waals surface area contributed by atoms with E-state index >= 15 is 0 Å². The van der Waals surface area contributed by atoms with Crippen LogP contribution in [0.15, 0.2) is 65.3 Å². The average Bonchev–Trinajstić information content (AvgIpc) is 3.27. The molecule has 1 N–H and O–H groups in total. The minimum Gasteiger partial charge on any atom is -0.459 e. The molecule has 7 heteroatoms. The molecule has 3 aromatic rings. The lowest BCUT2D eigenvalue weighted by Gasteiger charge is -2.26. The molecule has 0 saturated heterocycles. The average molecular weight is 438 g/mol. The molecule has 32 heavy (non-hydrogen) atoms. The molecule has 0 atom stereocenters. The molecule has 0 fully saturated rings. The van der Waals surface area contributed by atoms with Gasteiger partial charge in [0.25, 0.3) is 5.91 Å². The summed E-state index contributed by atoms with van der Waals surface area (Å²) in [6.45, 7) is 4.10. The van der Waals surface area contributed by atoms with Crippen LogP contribution < -0.4 is 10.2 Å². The summed E-state index contributed by atoms with van der Waals surface area (Å²) >= 11 is 0. The van der Waals surface area contributed by atoms with Crippen molar-refractivity contribution in [2.45, 2.75) is 26.9 Å². The lowest BCUT2D eigenvalue weighted by molar-refractivity contribution is -0.118. The van der Waals surface area contributed by atoms with Crippen LogP contribution in [0.5, 0.6) is 0 Å². The molecule has 168 valence electrons. The maximum atomic E-state index is 13.8. The molecule has 0 aliphatic rings. The highest BCUT2D eigenvalue weighted by atomic mass is 19.1. The minimum absolute atomic E-state index is 0.0863. The van der Waals surface area contributed by atoms with Crippen molar-refractivity contribution in [3.63, 3.8) is 0 Å². The molecule has 6 nitrogen and oxygen atoms in total. The Labute approximate surface area is 187 Å². The van der Waals surface area contributed by atoms with E-state index in [1.807, 2.05) is 51.0 Å². The van der Waals surface area contributed by atoms with E-state index in [0.29, 0.717) is 11.3 Å². The van der Waals surface area contributed by atoms with Gasteiger partial charge in [-0.3, -0.25) is 9.59 Å². The van der Waals surface area contributed by atoms with Gasteiger partial charge in [0.05, 0.1) is 6.26 Å². The molecule has 0 aliphatic carbocycles. The number of benzene rings is 2. The number of hydrogen-bond acceptors (Lipinski definition) is 4. The molecule has 1 aromatic heterocycles. The number of nitrogens with zero attached hydrogens (tertiary/aromatic N) is 2. The number of nitrogens with one attached hydrogen (secondary N) is 1. The zero-order chi connectivity index (χ0) is 23.3. The van der Waals surface area contributed by atoms with Gasteiger partial charge in [-0.15, -0.1) is 0 Å². The number of carbonyl (C=O) groups is 2. The molecule has 0 bridgehead atoms. The summed E-state index contributed by atoms with van der Waals surface area (Å²) in [7, 11) is 3.83. The lowest BCUT2D eigenvalue weighted by atomic mass is 10.1. The SMILES string of the molecule is CC(C)C(=O)Nc1ccc(N(C)C)c(CN(Cc2cccc(F)c2)C(=O)c2ccco2)c1. The molecule has 0 unspecified atom stereocenters. The van der Waals surface area contributed by atoms with E-state index in [4.69, 9.17) is 4.42 Å². The first-order chi connectivity index (χ1) is 15.2. The number of halogens is 1. The van der Waals surface area contributed by atoms with Crippen LogP contribution in [0.1, 0.15) is 35.5 Å². The third-order valence-electron chi connectivity index (χ3n) is 5.00. The number of anilines is 2. The Morgan fingerprint density at radius 1 is 1.03 bits per heavy atom. The van der Waals surface area contributed by atoms with Crippen molar-refractivity contribution in [1.29, 1.82) is 0 Å². The Morgan fingerprint density at radius 3 is 2.44 bits per heavy atom. The first-order valence-electron chi connectivity index (χ1n) is 10.4. The zero-order valence-corrected chi connectivity index (χ0v) is 18.8. The van der Waals surface area contributed by atoms with E-state index in [9.17, 15) is 14.0 Å². The second kappa shape index (κ2) is 10.1. The first kappa shape index (κ1) is 23.1. The molecular weight excluding hydrogens is 409 g/mol. The van der Waals surface area contributed by atoms with Crippen molar-refractivity contribution in [3.05, 3.63) is 83.6 Å². The number of hydrogen-bond donors (Lipinski definition) is 1. The van der Waals surface area contributed by atoms with Crippen molar-refractivity contribution in [1.82, 2.24) is 4.90 Å². The third kappa shape index (κ3) is 5.75. The minimum atomic E-state index is -0.361. The topological polar surface area (TPSA) is 65.8 Å². The molecule has 0 saturated carbocycles. The highest BCUT2D eigenvalue weighted by Crippen LogP contribution is 2.26. The fraction of sp³-hybridized carbons (Fsp3) is 0.280. The fourth-order valence-corrected chi connectivity index (χ4v) is 3.33. The van der Waals surface area contributed by atoms with E-state index in [1.54, 1.807) is 29.2 Å². The van der Waals surface area contributed by atoms with Gasteiger partial charge in [-0.25, -0.2) is 4.39 Å². The van der Waals surface area contributed by atoms with Gasteiger partial charge in [0.15, 0.2) is 5.76 Å². The highest BCUT2D eigenvalue weighted by Gasteiger charge is 2.21. The largest absolute Gasteiger partial charge is 0.459 e. The second-order valence-electron chi connectivity index (χ2n) is 8.15. The molecule has 0 spiro atoms. The quantitative estimate of drug-likeness (QED) is 0.543. The van der Waals surface area contributed by atoms with Crippen LogP contribution in [0.4, 0.5) is 15.8 Å². The number of rotatable bonds is 8. The Bertz CT molecular complexity index is 1080. The monoisotopic (exact) mass is 437 g/mol. The van der Waals surface area contributed by atoms with Crippen molar-refractivity contribution >= 4 is 23.2 Å². The van der Waals surface area contributed by atoms with Crippen molar-refractivity contribution in [3.8, 4) is 0 Å². The molecule has 2 aromatic carbocycles. The van der Waals surface area contributed by atoms with Crippen LogP contribution in [0.2, 0.25) is 0 Å². The van der Waals surface area contributed by atoms with Gasteiger partial charge in [0, 0.05) is 44.5 Å². The zero-order valence-electron chi connectivity index (χ0n) is 18.8. The maximum absolute atomic E-state index is 13.8. The predicted octanol–water partition coefficient (Wildman–Crippen LogP) is 4.92. The molecule has 3 rings (SSSR count). The summed E-state index contributed by atoms with van der Waals surface area (Å²) in [5, 5.41) is 2.91. The normalized spacial score (nSPS) is 10.8. The van der Waals surface area contributed by atoms with Crippen molar-refractivity contribution in [2.24, 2.45) is 5.92 Å². The van der Waals surface area contributed by atoms with Crippen LogP contribution >= 0.6 is 0 Å². The highest BCUT2D eigenvalue weighted by molar-refractivity contribution is 5.93. The van der Waals surface area contributed by atoms with E-state index < -0.39 is 0 Å². The predicted molar refractivity (Wildman–Crippen MR) is 123 cm³/mol. The number of furan rings is 1. The Kier molecular flexibility index (Phi) is 7.30. The van der Waals surface area contributed by atoms with Crippen LogP contribution in [-0.2, 0) is 17.9 Å². The molecule has 0 aliphatic heterocycles. The molecular formula is C25H28FN3O3. The van der Waals surface area contributed by atoms with E-state index in [0.717, 1.165) is 11.3 Å². The van der Waals surface area contributed by atoms with Gasteiger partial charge >= 0.3 is 0 Å². The van der Waals surface area contributed by atoms with Gasteiger partial charge in [0.1, 0.15) is 5.82 Å². The van der Waals surface area contributed by atoms with Crippen LogP contribution in [-0.4, -0.2) is 30.8 Å². The Balaban J connectivity index is 1.96. The van der Waals surface area contributed by atoms with E-state index in [1.165, 1.54) is 18.4 Å². The van der Waals surface area contributed by atoms with Gasteiger partial charge in [-0.05, 0) is 53.6 Å². The van der Waals surface area contributed by atoms with Gasteiger partial charge in [-0.2, -0.15) is 0 Å². The van der Waals surface area contributed by atoms with Crippen LogP contribution in [0.3, 0.4) is 0 Å². The third-order valence-corrected chi connectivity index (χ3v) is 5.00. The summed E-state index contributed by atoms with van der Waals surface area (Å²) in [4.78, 5) is 28.9. The Hall–Kier alpha value is -3.61. The second-order valence-corrected chi connectivity index (χ2v) is 8.15. The lowest BCUT2D eigenvalue weighted by Crippen LogP contribution is -2.30. The van der Waals surface area contributed by atoms with Crippen molar-refractivity contribution in [2.75, 3.05) is 24.3 Å². The standard InChI is InChI=1S/C25H28FN3O3/c1-17(2)24(30)27-21-10-11-22(28(3)4)19(14-21)16-29(25(31)23-9-6-12-32-23)15-18-7-5-8-20(26)13-18/h5-14,17H,15-16H2,1-4H3,(H,27,30). The maximum Gasteiger partial charge on any atom is 0.290 e. The van der Waals surface area contributed by atoms with Gasteiger partial charge in [-0.1, -0.05) is 26.0 Å². The fourth-order valence-electron chi connectivity index (χ4n) is 3.33. The van der Waals surface area contributed by atoms with E-state index in [-0.39, 0.29) is 42.4 Å². The number of amides is 2. The molecule has 0 radical (unpaired) electrons. The summed E-state index contributed by atoms with van der Waals surface area (Å²) in [5.41, 5.74) is 3.07. The smallest absolute Gasteiger partial charge is 0.290 e. The summed E-state index contributed by atoms with van der Waals surface area (Å²) in [6, 6.07) is 15.0. The summed E-state index contributed by atoms with van der Waals surface area (Å²) in [5.74, 6) is -0.702. The van der Waals surface area contributed by atoms with Gasteiger partial charge in [0.2, 0.25) is 5.91 Å². The van der Waals surface area contributed by atoms with Crippen LogP contribution in [0.25, 0.3) is 0 Å². The summed E-state index contributed by atoms with van der Waals surface area (Å²) < 4.78 is 19.1. The molecule has 1 heterocycles. The van der Waals surface area contributed by atoms with E-state index in [2.05, 4.69) is 5.32 Å². The van der Waals surface area contributed by atoms with Crippen molar-refractivity contribution < 1.29 is 18.4 Å². The first-order valence-corrected chi connectivity index (χ1v) is 10.4. The van der Waals surface area contributed by atoms with Gasteiger partial charge < -0.3 is 19.5 Å².